The van der Waals surface area contributed by atoms with Crippen LogP contribution in [0.4, 0.5) is 10.1 Å². The van der Waals surface area contributed by atoms with Gasteiger partial charge in [-0.25, -0.2) is 4.39 Å². The van der Waals surface area contributed by atoms with E-state index < -0.39 is 0 Å². The van der Waals surface area contributed by atoms with Crippen LogP contribution >= 0.6 is 15.9 Å². The molecule has 3 N–H and O–H groups in total. The van der Waals surface area contributed by atoms with Crippen molar-refractivity contribution in [1.82, 2.24) is 4.98 Å². The van der Waals surface area contributed by atoms with Crippen LogP contribution in [0.3, 0.4) is 0 Å². The Kier molecular flexibility index (Phi) is 3.06. The third-order valence-corrected chi connectivity index (χ3v) is 3.53. The van der Waals surface area contributed by atoms with Gasteiger partial charge >= 0.3 is 0 Å². The molecule has 0 aliphatic heterocycles. The molecule has 0 spiro atoms. The van der Waals surface area contributed by atoms with Crippen LogP contribution in [0.2, 0.25) is 0 Å². The van der Waals surface area contributed by atoms with Crippen molar-refractivity contribution in [1.29, 1.82) is 0 Å². The van der Waals surface area contributed by atoms with Crippen molar-refractivity contribution in [2.45, 2.75) is 0 Å². The molecular weight excluding hydrogens is 323 g/mol. The van der Waals surface area contributed by atoms with Crippen LogP contribution in [0.5, 0.6) is 0 Å². The number of halogens is 2. The van der Waals surface area contributed by atoms with E-state index in [1.807, 2.05) is 0 Å². The minimum atomic E-state index is -0.375. The number of fused-ring (bicyclic) bond motifs is 1. The second-order valence-corrected chi connectivity index (χ2v) is 5.41. The Morgan fingerprint density at radius 3 is 2.75 bits per heavy atom. The number of aromatic nitrogens is 1. The number of carbonyl (C=O) groups is 1. The number of H-pyrrole nitrogens is 1. The first-order chi connectivity index (χ1) is 9.54. The number of nitrogen functional groups attached to an aromatic ring is 1. The van der Waals surface area contributed by atoms with Crippen LogP contribution in [0.15, 0.2) is 47.1 Å². The lowest BCUT2D eigenvalue weighted by atomic mass is 10.0. The molecule has 0 fully saturated rings. The zero-order valence-electron chi connectivity index (χ0n) is 10.3. The van der Waals surface area contributed by atoms with Gasteiger partial charge in [-0.1, -0.05) is 15.9 Å². The molecule has 0 saturated heterocycles. The third-order valence-electron chi connectivity index (χ3n) is 3.07. The summed E-state index contributed by atoms with van der Waals surface area (Å²) in [5.41, 5.74) is 7.84. The van der Waals surface area contributed by atoms with Crippen LogP contribution in [-0.2, 0) is 0 Å². The highest BCUT2D eigenvalue weighted by molar-refractivity contribution is 9.10. The fourth-order valence-corrected chi connectivity index (χ4v) is 2.69. The maximum Gasteiger partial charge on any atom is 0.195 e. The van der Waals surface area contributed by atoms with Crippen molar-refractivity contribution in [3.63, 3.8) is 0 Å². The van der Waals surface area contributed by atoms with Gasteiger partial charge in [0.1, 0.15) is 5.82 Å². The van der Waals surface area contributed by atoms with Gasteiger partial charge in [-0.05, 0) is 36.4 Å². The zero-order valence-corrected chi connectivity index (χ0v) is 11.9. The Labute approximate surface area is 122 Å². The van der Waals surface area contributed by atoms with Crippen LogP contribution in [0, 0.1) is 5.82 Å². The summed E-state index contributed by atoms with van der Waals surface area (Å²) in [4.78, 5) is 15.5. The summed E-state index contributed by atoms with van der Waals surface area (Å²) < 4.78 is 14.1. The first-order valence-electron chi connectivity index (χ1n) is 5.92. The van der Waals surface area contributed by atoms with E-state index in [1.165, 1.54) is 12.1 Å². The van der Waals surface area contributed by atoms with Crippen LogP contribution in [0.25, 0.3) is 10.9 Å². The Morgan fingerprint density at radius 2 is 2.00 bits per heavy atom. The molecule has 0 bridgehead atoms. The topological polar surface area (TPSA) is 58.9 Å². The molecular formula is C15H10BrFN2O. The van der Waals surface area contributed by atoms with Crippen molar-refractivity contribution < 1.29 is 9.18 Å². The summed E-state index contributed by atoms with van der Waals surface area (Å²) in [5.74, 6) is -0.574. The monoisotopic (exact) mass is 332 g/mol. The van der Waals surface area contributed by atoms with E-state index in [0.717, 1.165) is 9.99 Å². The van der Waals surface area contributed by atoms with Crippen LogP contribution in [0.1, 0.15) is 15.9 Å². The quantitative estimate of drug-likeness (QED) is 0.552. The van der Waals surface area contributed by atoms with Crippen LogP contribution < -0.4 is 5.73 Å². The predicted octanol–water partition coefficient (Wildman–Crippen LogP) is 3.88. The first kappa shape index (κ1) is 12.9. The minimum absolute atomic E-state index is 0.199. The van der Waals surface area contributed by atoms with Gasteiger partial charge in [-0.2, -0.15) is 0 Å². The molecule has 1 aromatic heterocycles. The fourth-order valence-electron chi connectivity index (χ4n) is 2.18. The van der Waals surface area contributed by atoms with Crippen molar-refractivity contribution in [2.75, 3.05) is 5.73 Å². The van der Waals surface area contributed by atoms with Crippen molar-refractivity contribution in [3.05, 3.63) is 64.0 Å². The highest BCUT2D eigenvalue weighted by Gasteiger charge is 2.15. The molecule has 0 amide bonds. The minimum Gasteiger partial charge on any atom is -0.399 e. The Hall–Kier alpha value is -2.14. The van der Waals surface area contributed by atoms with Gasteiger partial charge in [-0.3, -0.25) is 4.79 Å². The molecule has 0 atom stereocenters. The number of hydrogen-bond donors (Lipinski definition) is 2. The summed E-state index contributed by atoms with van der Waals surface area (Å²) >= 11 is 3.31. The molecule has 0 radical (unpaired) electrons. The van der Waals surface area contributed by atoms with E-state index in [-0.39, 0.29) is 11.6 Å². The number of hydrogen-bond acceptors (Lipinski definition) is 2. The lowest BCUT2D eigenvalue weighted by molar-refractivity contribution is 0.104. The first-order valence-corrected chi connectivity index (χ1v) is 6.71. The number of anilines is 1. The lowest BCUT2D eigenvalue weighted by Crippen LogP contribution is -2.01. The molecule has 3 nitrogen and oxygen atoms in total. The van der Waals surface area contributed by atoms with Gasteiger partial charge in [-0.15, -0.1) is 0 Å². The van der Waals surface area contributed by atoms with Crippen molar-refractivity contribution in [3.8, 4) is 0 Å². The second-order valence-electron chi connectivity index (χ2n) is 4.49. The normalized spacial score (nSPS) is 10.9. The Morgan fingerprint density at radius 1 is 1.20 bits per heavy atom. The molecule has 2 aromatic carbocycles. The molecule has 1 heterocycles. The van der Waals surface area contributed by atoms with E-state index in [2.05, 4.69) is 20.9 Å². The van der Waals surface area contributed by atoms with E-state index in [9.17, 15) is 9.18 Å². The molecule has 0 aliphatic carbocycles. The highest BCUT2D eigenvalue weighted by Crippen LogP contribution is 2.24. The van der Waals surface area contributed by atoms with Crippen molar-refractivity contribution in [2.24, 2.45) is 0 Å². The number of nitrogens with one attached hydrogen (secondary N) is 1. The number of benzene rings is 2. The lowest BCUT2D eigenvalue weighted by Gasteiger charge is -2.03. The fraction of sp³-hybridized carbons (Fsp3) is 0. The number of aromatic amines is 1. The SMILES string of the molecule is Nc1cc(Br)cc(C(=O)c2c[nH]c3ccc(F)cc23)c1. The second kappa shape index (κ2) is 4.76. The summed E-state index contributed by atoms with van der Waals surface area (Å²) in [6.07, 6.45) is 1.59. The molecule has 0 saturated carbocycles. The third kappa shape index (κ3) is 2.20. The van der Waals surface area contributed by atoms with Gasteiger partial charge in [0.25, 0.3) is 0 Å². The number of ketones is 1. The molecule has 20 heavy (non-hydrogen) atoms. The molecule has 3 rings (SSSR count). The maximum absolute atomic E-state index is 13.3. The van der Waals surface area contributed by atoms with E-state index >= 15 is 0 Å². The van der Waals surface area contributed by atoms with E-state index in [1.54, 1.807) is 30.5 Å². The molecule has 0 aliphatic rings. The largest absolute Gasteiger partial charge is 0.399 e. The summed E-state index contributed by atoms with van der Waals surface area (Å²) in [5, 5.41) is 0.563. The summed E-state index contributed by atoms with van der Waals surface area (Å²) in [6, 6.07) is 9.31. The predicted molar refractivity (Wildman–Crippen MR) is 80.2 cm³/mol. The molecule has 100 valence electrons. The van der Waals surface area contributed by atoms with Gasteiger partial charge in [0, 0.05) is 38.4 Å². The smallest absolute Gasteiger partial charge is 0.195 e. The van der Waals surface area contributed by atoms with Gasteiger partial charge in [0.15, 0.2) is 5.78 Å². The van der Waals surface area contributed by atoms with Gasteiger partial charge < -0.3 is 10.7 Å². The zero-order chi connectivity index (χ0) is 14.3. The average Bonchev–Trinajstić information content (AvgIpc) is 2.79. The number of carbonyl (C=O) groups excluding carboxylic acids is 1. The van der Waals surface area contributed by atoms with Gasteiger partial charge in [0.2, 0.25) is 0 Å². The number of nitrogens with two attached hydrogens (primary N) is 1. The number of rotatable bonds is 2. The maximum atomic E-state index is 13.3. The Balaban J connectivity index is 2.15. The standard InChI is InChI=1S/C15H10BrFN2O/c16-9-3-8(4-11(18)5-9)15(20)13-7-19-14-2-1-10(17)6-12(13)14/h1-7,19H,18H2. The molecule has 0 unspecified atom stereocenters. The van der Waals surface area contributed by atoms with E-state index in [0.29, 0.717) is 22.2 Å². The van der Waals surface area contributed by atoms with Gasteiger partial charge in [0.05, 0.1) is 0 Å². The summed E-state index contributed by atoms with van der Waals surface area (Å²) in [7, 11) is 0. The molecule has 3 aromatic rings. The van der Waals surface area contributed by atoms with E-state index in [4.69, 9.17) is 5.73 Å². The molecule has 5 heteroatoms. The van der Waals surface area contributed by atoms with Crippen molar-refractivity contribution >= 4 is 38.3 Å². The van der Waals surface area contributed by atoms with Crippen LogP contribution in [-0.4, -0.2) is 10.8 Å². The average molecular weight is 333 g/mol. The highest BCUT2D eigenvalue weighted by atomic mass is 79.9. The Bertz CT molecular complexity index is 806. The summed E-state index contributed by atoms with van der Waals surface area (Å²) in [6.45, 7) is 0.